The van der Waals surface area contributed by atoms with Crippen LogP contribution in [0.1, 0.15) is 69.8 Å². The molecule has 1 fully saturated rings. The third-order valence-corrected chi connectivity index (χ3v) is 4.49. The first kappa shape index (κ1) is 22.0. The van der Waals surface area contributed by atoms with Crippen LogP contribution in [-0.4, -0.2) is 68.8 Å². The molecule has 0 aliphatic carbocycles. The Morgan fingerprint density at radius 3 is 2.06 bits per heavy atom. The van der Waals surface area contributed by atoms with E-state index in [0.29, 0.717) is 12.8 Å². The topological polar surface area (TPSA) is 124 Å². The lowest BCUT2D eigenvalue weighted by atomic mass is 10.0. The molecule has 31 heavy (non-hydrogen) atoms. The first-order chi connectivity index (χ1) is 16.4. The summed E-state index contributed by atoms with van der Waals surface area (Å²) in [6.07, 6.45) is 0.570. The molecule has 1 unspecified atom stereocenters. The lowest BCUT2D eigenvalue weighted by molar-refractivity contribution is -0.281. The summed E-state index contributed by atoms with van der Waals surface area (Å²) in [7, 11) is 1.36. The van der Waals surface area contributed by atoms with E-state index < -0.39 is 63.2 Å². The Morgan fingerprint density at radius 1 is 0.839 bits per heavy atom. The molecule has 10 nitrogen and oxygen atoms in total. The molecule has 0 aromatic heterocycles. The Morgan fingerprint density at radius 2 is 1.42 bits per heavy atom. The molecule has 1 aliphatic heterocycles. The second-order valence-corrected chi connectivity index (χ2v) is 6.96. The predicted octanol–water partition coefficient (Wildman–Crippen LogP) is 2.06. The fourth-order valence-corrected chi connectivity index (χ4v) is 3.11. The minimum atomic E-state index is -1.32. The molecule has 178 valence electrons. The van der Waals surface area contributed by atoms with Crippen LogP contribution in [0.2, 0.25) is 0 Å². The van der Waals surface area contributed by atoms with Gasteiger partial charge in [0.2, 0.25) is 0 Å². The molecule has 1 aliphatic rings. The fourth-order valence-electron chi connectivity index (χ4n) is 3.11. The lowest BCUT2D eigenvalue weighted by Gasteiger charge is -2.40. The maximum atomic E-state index is 11.8. The van der Waals surface area contributed by atoms with Crippen LogP contribution < -0.4 is 0 Å². The van der Waals surface area contributed by atoms with Crippen molar-refractivity contribution in [3.05, 3.63) is 0 Å². The van der Waals surface area contributed by atoms with Gasteiger partial charge in [-0.1, -0.05) is 25.7 Å². The van der Waals surface area contributed by atoms with E-state index >= 15 is 0 Å². The van der Waals surface area contributed by atoms with Gasteiger partial charge in [0.25, 0.3) is 0 Å². The Hall–Kier alpha value is -2.20. The Kier molecular flexibility index (Phi) is 10.5. The second kappa shape index (κ2) is 14.7. The molecule has 0 radical (unpaired) electrons. The average Bonchev–Trinajstić information content (AvgIpc) is 2.84. The number of esters is 4. The summed E-state index contributed by atoms with van der Waals surface area (Å²) in [5.74, 6) is -2.97. The van der Waals surface area contributed by atoms with Gasteiger partial charge < -0.3 is 28.4 Å². The molecule has 0 spiro atoms. The van der Waals surface area contributed by atoms with Gasteiger partial charge in [-0.05, 0) is 12.8 Å². The minimum absolute atomic E-state index is 0.218. The van der Waals surface area contributed by atoms with Crippen molar-refractivity contribution in [2.24, 2.45) is 0 Å². The van der Waals surface area contributed by atoms with Crippen LogP contribution in [0.5, 0.6) is 0 Å². The van der Waals surface area contributed by atoms with E-state index in [1.807, 2.05) is 0 Å². The number of hydrogen-bond donors (Lipinski definition) is 0. The van der Waals surface area contributed by atoms with Crippen molar-refractivity contribution in [1.82, 2.24) is 0 Å². The van der Waals surface area contributed by atoms with Crippen LogP contribution in [0.4, 0.5) is 0 Å². The molecule has 1 rings (SSSR count). The van der Waals surface area contributed by atoms with Gasteiger partial charge in [-0.15, -0.1) is 0 Å². The normalized spacial score (nSPS) is 24.2. The summed E-state index contributed by atoms with van der Waals surface area (Å²) in [6, 6.07) is 0. The van der Waals surface area contributed by atoms with Gasteiger partial charge in [0, 0.05) is 37.8 Å². The molecular weight excluding hydrogens is 412 g/mol. The second-order valence-electron chi connectivity index (χ2n) is 6.96. The van der Waals surface area contributed by atoms with Crippen molar-refractivity contribution < 1.29 is 51.7 Å². The molecule has 0 aromatic rings. The highest BCUT2D eigenvalue weighted by Gasteiger charge is 2.47. The van der Waals surface area contributed by atoms with Crippen molar-refractivity contribution in [3.63, 3.8) is 0 Å². The van der Waals surface area contributed by atoms with E-state index in [-0.39, 0.29) is 19.2 Å². The number of carbonyl (C=O) groups excluding carboxylic acids is 4. The standard InChI is InChI=1S/C21H34O10/c1-14(22)29-17-13-28-21(20(31-16(3)24)19(17)30-15(2)23)27-12-10-8-6-5-7-9-11-18(25)26-4/h17,19-21H,5-13H2,1-4H3/t17-,19+,20-,21?/m1/s1/i1D,2D,3D. The molecule has 1 heterocycles. The highest BCUT2D eigenvalue weighted by molar-refractivity contribution is 5.69. The van der Waals surface area contributed by atoms with Crippen LogP contribution in [0, 0.1) is 0 Å². The SMILES string of the molecule is [2H]CC(=O)O[C@H]1[C@H](OC(=O)C[2H])COC(OCCCCCCCCC(=O)OC)[C@@H]1OC(=O)C[2H]. The third-order valence-electron chi connectivity index (χ3n) is 4.49. The van der Waals surface area contributed by atoms with Crippen molar-refractivity contribution in [3.8, 4) is 0 Å². The zero-order valence-electron chi connectivity index (χ0n) is 20.9. The number of carbonyl (C=O) groups is 4. The maximum absolute atomic E-state index is 11.8. The van der Waals surface area contributed by atoms with E-state index in [2.05, 4.69) is 4.74 Å². The lowest BCUT2D eigenvalue weighted by Crippen LogP contribution is -2.58. The molecule has 0 saturated carbocycles. The van der Waals surface area contributed by atoms with Gasteiger partial charge in [0.05, 0.1) is 13.7 Å². The summed E-state index contributed by atoms with van der Waals surface area (Å²) in [6.45, 7) is -2.06. The van der Waals surface area contributed by atoms with E-state index in [9.17, 15) is 19.2 Å². The average molecular weight is 450 g/mol. The Balaban J connectivity index is 2.62. The Bertz CT molecular complexity index is 648. The van der Waals surface area contributed by atoms with Gasteiger partial charge in [0.1, 0.15) is 0 Å². The smallest absolute Gasteiger partial charge is 0.305 e. The minimum Gasteiger partial charge on any atom is -0.469 e. The number of ether oxygens (including phenoxy) is 6. The van der Waals surface area contributed by atoms with Gasteiger partial charge in [-0.25, -0.2) is 0 Å². The number of hydrogen-bond acceptors (Lipinski definition) is 10. The largest absolute Gasteiger partial charge is 0.469 e. The van der Waals surface area contributed by atoms with Crippen LogP contribution in [0.15, 0.2) is 0 Å². The summed E-state index contributed by atoms with van der Waals surface area (Å²) < 4.78 is 52.8. The number of rotatable bonds is 13. The molecule has 0 bridgehead atoms. The maximum Gasteiger partial charge on any atom is 0.305 e. The molecule has 4 atom stereocenters. The highest BCUT2D eigenvalue weighted by Crippen LogP contribution is 2.25. The zero-order chi connectivity index (χ0) is 25.3. The van der Waals surface area contributed by atoms with Crippen LogP contribution >= 0.6 is 0 Å². The molecule has 1 saturated heterocycles. The molecular formula is C21H34O10. The summed E-state index contributed by atoms with van der Waals surface area (Å²) in [5, 5.41) is 0. The third kappa shape index (κ3) is 11.1. The van der Waals surface area contributed by atoms with E-state index in [4.69, 9.17) is 27.8 Å². The Labute approximate surface area is 187 Å². The van der Waals surface area contributed by atoms with Crippen molar-refractivity contribution in [2.75, 3.05) is 20.3 Å². The monoisotopic (exact) mass is 449 g/mol. The molecule has 0 amide bonds. The highest BCUT2D eigenvalue weighted by atomic mass is 16.7. The van der Waals surface area contributed by atoms with Crippen LogP contribution in [-0.2, 0) is 47.6 Å². The molecule has 0 aromatic carbocycles. The van der Waals surface area contributed by atoms with Gasteiger partial charge in [0.15, 0.2) is 24.6 Å². The van der Waals surface area contributed by atoms with Gasteiger partial charge in [-0.3, -0.25) is 19.2 Å². The van der Waals surface area contributed by atoms with Crippen molar-refractivity contribution in [2.45, 2.75) is 90.2 Å². The molecule has 0 N–H and O–H groups in total. The van der Waals surface area contributed by atoms with Crippen LogP contribution in [0.3, 0.4) is 0 Å². The van der Waals surface area contributed by atoms with E-state index in [0.717, 1.165) is 32.1 Å². The van der Waals surface area contributed by atoms with E-state index in [1.54, 1.807) is 0 Å². The summed E-state index contributed by atoms with van der Waals surface area (Å²) >= 11 is 0. The fraction of sp³-hybridized carbons (Fsp3) is 0.810. The quantitative estimate of drug-likeness (QED) is 0.234. The number of unbranched alkanes of at least 4 members (excludes halogenated alkanes) is 5. The number of methoxy groups -OCH3 is 1. The molecule has 10 heteroatoms. The summed E-state index contributed by atoms with van der Waals surface area (Å²) in [4.78, 5) is 46.3. The zero-order valence-corrected chi connectivity index (χ0v) is 17.9. The van der Waals surface area contributed by atoms with Crippen molar-refractivity contribution >= 4 is 23.9 Å². The first-order valence-electron chi connectivity index (χ1n) is 12.2. The summed E-state index contributed by atoms with van der Waals surface area (Å²) in [5.41, 5.74) is 0. The predicted molar refractivity (Wildman–Crippen MR) is 107 cm³/mol. The first-order valence-corrected chi connectivity index (χ1v) is 10.1. The van der Waals surface area contributed by atoms with E-state index in [1.165, 1.54) is 7.11 Å². The van der Waals surface area contributed by atoms with Gasteiger partial charge >= 0.3 is 23.9 Å². The van der Waals surface area contributed by atoms with Gasteiger partial charge in [-0.2, -0.15) is 0 Å². The van der Waals surface area contributed by atoms with Crippen molar-refractivity contribution in [1.29, 1.82) is 0 Å². The van der Waals surface area contributed by atoms with Crippen LogP contribution in [0.25, 0.3) is 0 Å².